The standard InChI is InChI=1S/C18H15F3O4/c1-24-15-8-5-12(9-16(15)25-2)14(10-17(22)23)11-3-6-13(7-4-11)18(19,20)21/h3-10H,1-2H3,(H,22,23)/b14-10-. The molecule has 2 aromatic carbocycles. The van der Waals surface area contributed by atoms with E-state index >= 15 is 0 Å². The molecule has 0 aliphatic rings. The Kier molecular flexibility index (Phi) is 5.36. The van der Waals surface area contributed by atoms with Crippen molar-refractivity contribution >= 4 is 11.5 Å². The van der Waals surface area contributed by atoms with Gasteiger partial charge in [-0.05, 0) is 41.0 Å². The number of hydrogen-bond acceptors (Lipinski definition) is 3. The molecule has 0 fully saturated rings. The van der Waals surface area contributed by atoms with Gasteiger partial charge in [-0.15, -0.1) is 0 Å². The van der Waals surface area contributed by atoms with Gasteiger partial charge in [-0.2, -0.15) is 13.2 Å². The van der Waals surface area contributed by atoms with Gasteiger partial charge >= 0.3 is 12.1 Å². The molecule has 1 N–H and O–H groups in total. The van der Waals surface area contributed by atoms with E-state index in [9.17, 15) is 18.0 Å². The van der Waals surface area contributed by atoms with Gasteiger partial charge < -0.3 is 14.6 Å². The topological polar surface area (TPSA) is 55.8 Å². The maximum Gasteiger partial charge on any atom is 0.416 e. The van der Waals surface area contributed by atoms with Crippen LogP contribution in [0.25, 0.3) is 5.57 Å². The van der Waals surface area contributed by atoms with Crippen molar-refractivity contribution in [3.05, 3.63) is 65.2 Å². The normalized spacial score (nSPS) is 12.0. The van der Waals surface area contributed by atoms with Crippen LogP contribution >= 0.6 is 0 Å². The van der Waals surface area contributed by atoms with Crippen LogP contribution in [-0.2, 0) is 11.0 Å². The molecular formula is C18H15F3O4. The third-order valence-corrected chi connectivity index (χ3v) is 3.49. The molecule has 4 nitrogen and oxygen atoms in total. The molecule has 2 aromatic rings. The van der Waals surface area contributed by atoms with E-state index in [2.05, 4.69) is 0 Å². The van der Waals surface area contributed by atoms with Gasteiger partial charge in [0, 0.05) is 6.08 Å². The first-order chi connectivity index (χ1) is 11.8. The largest absolute Gasteiger partial charge is 0.493 e. The molecule has 25 heavy (non-hydrogen) atoms. The van der Waals surface area contributed by atoms with E-state index in [1.165, 1.54) is 26.4 Å². The lowest BCUT2D eigenvalue weighted by atomic mass is 9.96. The zero-order valence-electron chi connectivity index (χ0n) is 13.4. The van der Waals surface area contributed by atoms with Crippen molar-refractivity contribution < 1.29 is 32.5 Å². The van der Waals surface area contributed by atoms with E-state index in [0.717, 1.165) is 18.2 Å². The molecule has 0 spiro atoms. The van der Waals surface area contributed by atoms with Crippen LogP contribution in [0.5, 0.6) is 11.5 Å². The number of halogens is 3. The number of alkyl halides is 3. The average molecular weight is 352 g/mol. The van der Waals surface area contributed by atoms with Crippen molar-refractivity contribution in [2.24, 2.45) is 0 Å². The number of benzene rings is 2. The number of carboxylic acid groups (broad SMARTS) is 1. The highest BCUT2D eigenvalue weighted by atomic mass is 19.4. The fourth-order valence-corrected chi connectivity index (χ4v) is 2.30. The van der Waals surface area contributed by atoms with Crippen molar-refractivity contribution in [1.82, 2.24) is 0 Å². The number of rotatable bonds is 5. The summed E-state index contributed by atoms with van der Waals surface area (Å²) in [4.78, 5) is 11.1. The highest BCUT2D eigenvalue weighted by Gasteiger charge is 2.30. The summed E-state index contributed by atoms with van der Waals surface area (Å²) < 4.78 is 48.4. The second kappa shape index (κ2) is 7.29. The SMILES string of the molecule is COc1ccc(/C(=C\C(=O)O)c2ccc(C(F)(F)F)cc2)cc1OC. The molecule has 0 atom stereocenters. The Balaban J connectivity index is 2.53. The fraction of sp³-hybridized carbons (Fsp3) is 0.167. The van der Waals surface area contributed by atoms with Crippen LogP contribution < -0.4 is 9.47 Å². The molecule has 0 aromatic heterocycles. The number of hydrogen-bond donors (Lipinski definition) is 1. The zero-order valence-corrected chi connectivity index (χ0v) is 13.4. The molecule has 0 aliphatic heterocycles. The lowest BCUT2D eigenvalue weighted by molar-refractivity contribution is -0.137. The first-order valence-electron chi connectivity index (χ1n) is 7.11. The smallest absolute Gasteiger partial charge is 0.416 e. The van der Waals surface area contributed by atoms with Crippen molar-refractivity contribution in [2.75, 3.05) is 14.2 Å². The van der Waals surface area contributed by atoms with Gasteiger partial charge in [-0.25, -0.2) is 4.79 Å². The third kappa shape index (κ3) is 4.32. The lowest BCUT2D eigenvalue weighted by Crippen LogP contribution is -2.04. The Morgan fingerprint density at radius 2 is 1.52 bits per heavy atom. The molecule has 0 amide bonds. The average Bonchev–Trinajstić information content (AvgIpc) is 2.58. The van der Waals surface area contributed by atoms with E-state index < -0.39 is 17.7 Å². The maximum atomic E-state index is 12.7. The van der Waals surface area contributed by atoms with Gasteiger partial charge in [0.25, 0.3) is 0 Å². The molecule has 0 saturated heterocycles. The Hall–Kier alpha value is -2.96. The summed E-state index contributed by atoms with van der Waals surface area (Å²) in [5.74, 6) is -0.388. The van der Waals surface area contributed by atoms with E-state index in [1.807, 2.05) is 0 Å². The molecule has 0 saturated carbocycles. The Morgan fingerprint density at radius 1 is 0.960 bits per heavy atom. The highest BCUT2D eigenvalue weighted by Crippen LogP contribution is 2.34. The summed E-state index contributed by atoms with van der Waals surface area (Å²) in [6.07, 6.45) is -3.53. The monoisotopic (exact) mass is 352 g/mol. The fourth-order valence-electron chi connectivity index (χ4n) is 2.30. The Bertz CT molecular complexity index is 793. The van der Waals surface area contributed by atoms with Crippen LogP contribution in [0.2, 0.25) is 0 Å². The summed E-state index contributed by atoms with van der Waals surface area (Å²) in [6, 6.07) is 9.03. The molecule has 0 aliphatic carbocycles. The number of methoxy groups -OCH3 is 2. The van der Waals surface area contributed by atoms with Crippen LogP contribution in [0.15, 0.2) is 48.5 Å². The van der Waals surface area contributed by atoms with Gasteiger partial charge in [0.15, 0.2) is 11.5 Å². The molecule has 2 rings (SSSR count). The molecule has 0 unspecified atom stereocenters. The quantitative estimate of drug-likeness (QED) is 0.818. The van der Waals surface area contributed by atoms with Crippen molar-refractivity contribution in [1.29, 1.82) is 0 Å². The number of ether oxygens (including phenoxy) is 2. The second-order valence-electron chi connectivity index (χ2n) is 5.04. The van der Waals surface area contributed by atoms with E-state index in [1.54, 1.807) is 18.2 Å². The van der Waals surface area contributed by atoms with Crippen LogP contribution in [0.4, 0.5) is 13.2 Å². The summed E-state index contributed by atoms with van der Waals surface area (Å²) in [7, 11) is 2.89. The first-order valence-corrected chi connectivity index (χ1v) is 7.11. The summed E-state index contributed by atoms with van der Waals surface area (Å²) in [5.41, 5.74) is 0.253. The van der Waals surface area contributed by atoms with E-state index in [0.29, 0.717) is 22.6 Å². The first kappa shape index (κ1) is 18.4. The number of aliphatic carboxylic acids is 1. The van der Waals surface area contributed by atoms with Gasteiger partial charge in [-0.3, -0.25) is 0 Å². The summed E-state index contributed by atoms with van der Waals surface area (Å²) in [6.45, 7) is 0. The van der Waals surface area contributed by atoms with Crippen LogP contribution in [0.1, 0.15) is 16.7 Å². The summed E-state index contributed by atoms with van der Waals surface area (Å²) in [5, 5.41) is 9.11. The van der Waals surface area contributed by atoms with Gasteiger partial charge in [0.05, 0.1) is 19.8 Å². The predicted octanol–water partition coefficient (Wildman–Crippen LogP) is 4.24. The van der Waals surface area contributed by atoms with Gasteiger partial charge in [0.1, 0.15) is 0 Å². The van der Waals surface area contributed by atoms with E-state index in [-0.39, 0.29) is 5.57 Å². The van der Waals surface area contributed by atoms with Crippen LogP contribution in [0.3, 0.4) is 0 Å². The number of carboxylic acids is 1. The maximum absolute atomic E-state index is 12.7. The van der Waals surface area contributed by atoms with Gasteiger partial charge in [0.2, 0.25) is 0 Å². The van der Waals surface area contributed by atoms with Crippen molar-refractivity contribution in [3.63, 3.8) is 0 Å². The molecule has 0 radical (unpaired) electrons. The third-order valence-electron chi connectivity index (χ3n) is 3.49. The minimum atomic E-state index is -4.46. The lowest BCUT2D eigenvalue weighted by Gasteiger charge is -2.13. The Morgan fingerprint density at radius 3 is 2.00 bits per heavy atom. The molecule has 7 heteroatoms. The van der Waals surface area contributed by atoms with Gasteiger partial charge in [-0.1, -0.05) is 18.2 Å². The minimum Gasteiger partial charge on any atom is -0.493 e. The molecular weight excluding hydrogens is 337 g/mol. The van der Waals surface area contributed by atoms with E-state index in [4.69, 9.17) is 14.6 Å². The molecule has 0 heterocycles. The van der Waals surface area contributed by atoms with Crippen LogP contribution in [0, 0.1) is 0 Å². The summed E-state index contributed by atoms with van der Waals surface area (Å²) >= 11 is 0. The number of carbonyl (C=O) groups is 1. The predicted molar refractivity (Wildman–Crippen MR) is 85.7 cm³/mol. The highest BCUT2D eigenvalue weighted by molar-refractivity contribution is 5.95. The zero-order chi connectivity index (χ0) is 18.6. The van der Waals surface area contributed by atoms with Crippen molar-refractivity contribution in [3.8, 4) is 11.5 Å². The second-order valence-corrected chi connectivity index (χ2v) is 5.04. The Labute approximate surface area is 142 Å². The molecule has 0 bridgehead atoms. The minimum absolute atomic E-state index is 0.252. The van der Waals surface area contributed by atoms with Crippen molar-refractivity contribution in [2.45, 2.75) is 6.18 Å². The van der Waals surface area contributed by atoms with Crippen LogP contribution in [-0.4, -0.2) is 25.3 Å². The molecule has 132 valence electrons.